The number of benzene rings is 1. The number of hydrogen-bond acceptors (Lipinski definition) is 6. The van der Waals surface area contributed by atoms with Crippen molar-refractivity contribution in [1.29, 1.82) is 0 Å². The summed E-state index contributed by atoms with van der Waals surface area (Å²) in [6.45, 7) is 1.81. The van der Waals surface area contributed by atoms with Crippen LogP contribution in [0.1, 0.15) is 17.3 Å². The van der Waals surface area contributed by atoms with Crippen LogP contribution in [0, 0.1) is 0 Å². The summed E-state index contributed by atoms with van der Waals surface area (Å²) in [5, 5.41) is 9.77. The predicted octanol–water partition coefficient (Wildman–Crippen LogP) is 0.228. The summed E-state index contributed by atoms with van der Waals surface area (Å²) in [6, 6.07) is 2.71. The van der Waals surface area contributed by atoms with Gasteiger partial charge in [-0.25, -0.2) is 9.79 Å². The SMILES string of the molecule is COc1cc(C(=O)OC(C)CN=C(N)N)cc(OC)c1O. The molecule has 21 heavy (non-hydrogen) atoms. The second-order valence-corrected chi connectivity index (χ2v) is 4.21. The molecule has 116 valence electrons. The minimum Gasteiger partial charge on any atom is -0.502 e. The number of phenolic OH excluding ortho intramolecular Hbond substituents is 1. The summed E-state index contributed by atoms with van der Waals surface area (Å²) in [6.07, 6.45) is -0.509. The van der Waals surface area contributed by atoms with Crippen molar-refractivity contribution in [3.63, 3.8) is 0 Å². The number of carbonyl (C=O) groups excluding carboxylic acids is 1. The van der Waals surface area contributed by atoms with Gasteiger partial charge in [0, 0.05) is 0 Å². The van der Waals surface area contributed by atoms with E-state index in [1.165, 1.54) is 26.4 Å². The van der Waals surface area contributed by atoms with Crippen LogP contribution in [0.25, 0.3) is 0 Å². The molecular formula is C13H19N3O5. The van der Waals surface area contributed by atoms with Gasteiger partial charge >= 0.3 is 5.97 Å². The highest BCUT2D eigenvalue weighted by atomic mass is 16.5. The largest absolute Gasteiger partial charge is 0.502 e. The summed E-state index contributed by atoms with van der Waals surface area (Å²) in [4.78, 5) is 15.8. The summed E-state index contributed by atoms with van der Waals surface area (Å²) >= 11 is 0. The van der Waals surface area contributed by atoms with Crippen molar-refractivity contribution in [3.8, 4) is 17.2 Å². The number of guanidine groups is 1. The standard InChI is InChI=1S/C13H19N3O5/c1-7(6-16-13(14)15)21-12(18)8-4-9(19-2)11(17)10(5-8)20-3/h4-5,7,17H,6H2,1-3H3,(H4,14,15,16). The Balaban J connectivity index is 2.90. The lowest BCUT2D eigenvalue weighted by Gasteiger charge is -2.13. The van der Waals surface area contributed by atoms with E-state index in [4.69, 9.17) is 25.7 Å². The molecule has 1 rings (SSSR count). The Kier molecular flexibility index (Phi) is 5.65. The fourth-order valence-corrected chi connectivity index (χ4v) is 1.53. The molecule has 1 aromatic rings. The van der Waals surface area contributed by atoms with Crippen LogP contribution < -0.4 is 20.9 Å². The molecule has 0 saturated carbocycles. The van der Waals surface area contributed by atoms with E-state index >= 15 is 0 Å². The third-order valence-corrected chi connectivity index (χ3v) is 2.55. The molecule has 8 heteroatoms. The molecule has 0 aliphatic heterocycles. The Morgan fingerprint density at radius 3 is 2.24 bits per heavy atom. The number of aliphatic imine (C=N–C) groups is 1. The molecular weight excluding hydrogens is 278 g/mol. The molecule has 0 radical (unpaired) electrons. The van der Waals surface area contributed by atoms with Crippen LogP contribution in [0.5, 0.6) is 17.2 Å². The molecule has 0 fully saturated rings. The van der Waals surface area contributed by atoms with Gasteiger partial charge in [0.05, 0.1) is 26.3 Å². The number of ether oxygens (including phenoxy) is 3. The average Bonchev–Trinajstić information content (AvgIpc) is 2.45. The minimum atomic E-state index is -0.607. The van der Waals surface area contributed by atoms with Gasteiger partial charge in [-0.15, -0.1) is 0 Å². The Bertz CT molecular complexity index is 516. The number of phenols is 1. The van der Waals surface area contributed by atoms with E-state index in [-0.39, 0.29) is 35.3 Å². The van der Waals surface area contributed by atoms with Crippen LogP contribution in [0.4, 0.5) is 0 Å². The molecule has 0 saturated heterocycles. The van der Waals surface area contributed by atoms with Gasteiger partial charge < -0.3 is 30.8 Å². The number of nitrogens with two attached hydrogens (primary N) is 2. The van der Waals surface area contributed by atoms with Gasteiger partial charge in [-0.05, 0) is 19.1 Å². The van der Waals surface area contributed by atoms with E-state index in [2.05, 4.69) is 4.99 Å². The maximum Gasteiger partial charge on any atom is 0.338 e. The Morgan fingerprint density at radius 2 is 1.81 bits per heavy atom. The van der Waals surface area contributed by atoms with Crippen LogP contribution in [-0.2, 0) is 4.74 Å². The number of methoxy groups -OCH3 is 2. The maximum atomic E-state index is 12.0. The Hall–Kier alpha value is -2.64. The molecule has 8 nitrogen and oxygen atoms in total. The summed E-state index contributed by atoms with van der Waals surface area (Å²) in [5.41, 5.74) is 10.6. The molecule has 1 atom stereocenters. The number of aromatic hydroxyl groups is 1. The summed E-state index contributed by atoms with van der Waals surface area (Å²) in [7, 11) is 2.73. The summed E-state index contributed by atoms with van der Waals surface area (Å²) in [5.74, 6) is -0.655. The molecule has 0 aliphatic rings. The van der Waals surface area contributed by atoms with Gasteiger partial charge in [-0.3, -0.25) is 0 Å². The van der Waals surface area contributed by atoms with Gasteiger partial charge in [0.2, 0.25) is 5.75 Å². The topological polar surface area (TPSA) is 129 Å². The Morgan fingerprint density at radius 1 is 1.29 bits per heavy atom. The van der Waals surface area contributed by atoms with E-state index in [9.17, 15) is 9.90 Å². The minimum absolute atomic E-state index is 0.0779. The highest BCUT2D eigenvalue weighted by molar-refractivity contribution is 5.91. The number of nitrogens with zero attached hydrogens (tertiary/aromatic N) is 1. The van der Waals surface area contributed by atoms with Crippen LogP contribution >= 0.6 is 0 Å². The lowest BCUT2D eigenvalue weighted by atomic mass is 10.2. The van der Waals surface area contributed by atoms with E-state index in [0.29, 0.717) is 0 Å². The first-order valence-corrected chi connectivity index (χ1v) is 6.10. The fraction of sp³-hybridized carbons (Fsp3) is 0.385. The first kappa shape index (κ1) is 16.4. The van der Waals surface area contributed by atoms with Gasteiger partial charge in [-0.2, -0.15) is 0 Å². The average molecular weight is 297 g/mol. The van der Waals surface area contributed by atoms with Crippen molar-refractivity contribution in [3.05, 3.63) is 17.7 Å². The van der Waals surface area contributed by atoms with Gasteiger partial charge in [-0.1, -0.05) is 0 Å². The van der Waals surface area contributed by atoms with Crippen LogP contribution in [0.15, 0.2) is 17.1 Å². The van der Waals surface area contributed by atoms with E-state index in [0.717, 1.165) is 0 Å². The number of esters is 1. The molecule has 5 N–H and O–H groups in total. The second-order valence-electron chi connectivity index (χ2n) is 4.21. The number of rotatable bonds is 6. The zero-order valence-electron chi connectivity index (χ0n) is 12.1. The monoisotopic (exact) mass is 297 g/mol. The molecule has 0 spiro atoms. The van der Waals surface area contributed by atoms with Crippen LogP contribution in [0.3, 0.4) is 0 Å². The van der Waals surface area contributed by atoms with E-state index in [1.807, 2.05) is 0 Å². The quantitative estimate of drug-likeness (QED) is 0.389. The number of hydrogen-bond donors (Lipinski definition) is 3. The Labute approximate surface area is 122 Å². The van der Waals surface area contributed by atoms with Gasteiger partial charge in [0.15, 0.2) is 17.5 Å². The van der Waals surface area contributed by atoms with Crippen molar-refractivity contribution in [2.75, 3.05) is 20.8 Å². The van der Waals surface area contributed by atoms with Gasteiger partial charge in [0.25, 0.3) is 0 Å². The third-order valence-electron chi connectivity index (χ3n) is 2.55. The molecule has 0 bridgehead atoms. The zero-order valence-corrected chi connectivity index (χ0v) is 12.1. The second kappa shape index (κ2) is 7.22. The van der Waals surface area contributed by atoms with E-state index < -0.39 is 12.1 Å². The molecule has 0 heterocycles. The zero-order chi connectivity index (χ0) is 16.0. The third kappa shape index (κ3) is 4.44. The highest BCUT2D eigenvalue weighted by Gasteiger charge is 2.18. The lowest BCUT2D eigenvalue weighted by molar-refractivity contribution is 0.0359. The predicted molar refractivity (Wildman–Crippen MR) is 76.8 cm³/mol. The lowest BCUT2D eigenvalue weighted by Crippen LogP contribution is -2.26. The van der Waals surface area contributed by atoms with E-state index in [1.54, 1.807) is 6.92 Å². The van der Waals surface area contributed by atoms with Crippen LogP contribution in [-0.4, -0.2) is 43.9 Å². The smallest absolute Gasteiger partial charge is 0.338 e. The van der Waals surface area contributed by atoms with Gasteiger partial charge in [0.1, 0.15) is 6.10 Å². The molecule has 0 aliphatic carbocycles. The fourth-order valence-electron chi connectivity index (χ4n) is 1.53. The molecule has 0 amide bonds. The molecule has 0 aromatic heterocycles. The first-order chi connectivity index (χ1) is 9.88. The first-order valence-electron chi connectivity index (χ1n) is 6.10. The van der Waals surface area contributed by atoms with Crippen molar-refractivity contribution >= 4 is 11.9 Å². The van der Waals surface area contributed by atoms with Crippen molar-refractivity contribution in [2.45, 2.75) is 13.0 Å². The van der Waals surface area contributed by atoms with Crippen LogP contribution in [0.2, 0.25) is 0 Å². The maximum absolute atomic E-state index is 12.0. The molecule has 1 unspecified atom stereocenters. The normalized spacial score (nSPS) is 11.4. The molecule has 1 aromatic carbocycles. The van der Waals surface area contributed by atoms with Crippen molar-refractivity contribution in [1.82, 2.24) is 0 Å². The van der Waals surface area contributed by atoms with Crippen molar-refractivity contribution < 1.29 is 24.1 Å². The number of carbonyl (C=O) groups is 1. The van der Waals surface area contributed by atoms with Crippen molar-refractivity contribution in [2.24, 2.45) is 16.5 Å². The highest BCUT2D eigenvalue weighted by Crippen LogP contribution is 2.37. The summed E-state index contributed by atoms with van der Waals surface area (Å²) < 4.78 is 15.1.